The Bertz CT molecular complexity index is 1360. The summed E-state index contributed by atoms with van der Waals surface area (Å²) >= 11 is 0. The first-order valence-corrected chi connectivity index (χ1v) is 12.3. The summed E-state index contributed by atoms with van der Waals surface area (Å²) in [5, 5.41) is 17.6. The molecular weight excluding hydrogens is 482 g/mol. The summed E-state index contributed by atoms with van der Waals surface area (Å²) in [4.78, 5) is 36.4. The van der Waals surface area contributed by atoms with E-state index in [1.165, 1.54) is 11.1 Å². The summed E-state index contributed by atoms with van der Waals surface area (Å²) in [6.45, 7) is 4.18. The number of rotatable bonds is 9. The summed E-state index contributed by atoms with van der Waals surface area (Å²) in [5.41, 5.74) is 3.79. The summed E-state index contributed by atoms with van der Waals surface area (Å²) < 4.78 is 5.51. The number of hydrazone groups is 1. The second-order valence-electron chi connectivity index (χ2n) is 9.26. The third kappa shape index (κ3) is 6.73. The molecule has 2 amide bonds. The standard InChI is InChI=1S/C30H29N3O5/c1-20(2)28(29(37)31-25-10-6-7-21(17-25)13-16-27(35)36)23-14-11-22(12-15-23)18-33-26(34)19-38-30(32-33)24-8-4-3-5-9-24/h3-17,20,28H,18-19H2,1-2H3,(H,31,37)(H,35,36)/b16-13+. The molecule has 1 aliphatic heterocycles. The van der Waals surface area contributed by atoms with E-state index in [-0.39, 0.29) is 30.9 Å². The van der Waals surface area contributed by atoms with E-state index in [1.807, 2.05) is 68.4 Å². The van der Waals surface area contributed by atoms with Crippen LogP contribution in [0.1, 0.15) is 42.0 Å². The van der Waals surface area contributed by atoms with Crippen LogP contribution in [-0.4, -0.2) is 40.4 Å². The first kappa shape index (κ1) is 26.3. The molecule has 3 aromatic rings. The van der Waals surface area contributed by atoms with E-state index in [1.54, 1.807) is 24.3 Å². The lowest BCUT2D eigenvalue weighted by molar-refractivity contribution is -0.136. The minimum atomic E-state index is -1.04. The summed E-state index contributed by atoms with van der Waals surface area (Å²) in [7, 11) is 0. The van der Waals surface area contributed by atoms with Crippen molar-refractivity contribution in [2.45, 2.75) is 26.3 Å². The van der Waals surface area contributed by atoms with Crippen molar-refractivity contribution in [3.63, 3.8) is 0 Å². The molecule has 2 N–H and O–H groups in total. The van der Waals surface area contributed by atoms with Crippen LogP contribution in [-0.2, 0) is 25.7 Å². The van der Waals surface area contributed by atoms with Gasteiger partial charge in [0.2, 0.25) is 11.8 Å². The fourth-order valence-electron chi connectivity index (χ4n) is 4.19. The zero-order valence-corrected chi connectivity index (χ0v) is 21.2. The van der Waals surface area contributed by atoms with E-state index in [9.17, 15) is 14.4 Å². The Balaban J connectivity index is 1.47. The third-order valence-electron chi connectivity index (χ3n) is 6.05. The van der Waals surface area contributed by atoms with Crippen LogP contribution in [0.4, 0.5) is 5.69 Å². The average molecular weight is 512 g/mol. The summed E-state index contributed by atoms with van der Waals surface area (Å²) in [6, 6.07) is 24.0. The van der Waals surface area contributed by atoms with E-state index in [4.69, 9.17) is 9.84 Å². The van der Waals surface area contributed by atoms with Crippen LogP contribution in [0.15, 0.2) is 90.0 Å². The van der Waals surface area contributed by atoms with Gasteiger partial charge in [-0.3, -0.25) is 9.59 Å². The first-order valence-electron chi connectivity index (χ1n) is 12.3. The smallest absolute Gasteiger partial charge is 0.328 e. The molecule has 3 aromatic carbocycles. The molecular formula is C30H29N3O5. The second kappa shape index (κ2) is 12.0. The van der Waals surface area contributed by atoms with Crippen molar-refractivity contribution in [2.24, 2.45) is 11.0 Å². The maximum absolute atomic E-state index is 13.2. The number of benzene rings is 3. The predicted molar refractivity (Wildman–Crippen MR) is 145 cm³/mol. The normalized spacial score (nSPS) is 14.2. The quantitative estimate of drug-likeness (QED) is 0.398. The Morgan fingerprint density at radius 2 is 1.79 bits per heavy atom. The second-order valence-corrected chi connectivity index (χ2v) is 9.26. The van der Waals surface area contributed by atoms with Crippen molar-refractivity contribution in [3.8, 4) is 0 Å². The number of nitrogens with zero attached hydrogens (tertiary/aromatic N) is 2. The van der Waals surface area contributed by atoms with Gasteiger partial charge in [-0.1, -0.05) is 68.4 Å². The number of carboxylic acids is 1. The number of amides is 2. The maximum atomic E-state index is 13.2. The van der Waals surface area contributed by atoms with E-state index >= 15 is 0 Å². The molecule has 0 fully saturated rings. The van der Waals surface area contributed by atoms with Crippen LogP contribution in [0, 0.1) is 5.92 Å². The molecule has 8 nitrogen and oxygen atoms in total. The van der Waals surface area contributed by atoms with Gasteiger partial charge in [0.15, 0.2) is 6.61 Å². The molecule has 194 valence electrons. The van der Waals surface area contributed by atoms with Crippen molar-refractivity contribution in [1.82, 2.24) is 5.01 Å². The lowest BCUT2D eigenvalue weighted by atomic mass is 9.87. The molecule has 0 radical (unpaired) electrons. The van der Waals surface area contributed by atoms with Gasteiger partial charge in [-0.05, 0) is 52.9 Å². The van der Waals surface area contributed by atoms with Crippen molar-refractivity contribution in [1.29, 1.82) is 0 Å². The van der Waals surface area contributed by atoms with Crippen LogP contribution in [0.25, 0.3) is 6.08 Å². The first-order chi connectivity index (χ1) is 18.3. The highest BCUT2D eigenvalue weighted by atomic mass is 16.5. The highest BCUT2D eigenvalue weighted by Crippen LogP contribution is 2.27. The van der Waals surface area contributed by atoms with Gasteiger partial charge in [0.1, 0.15) is 0 Å². The van der Waals surface area contributed by atoms with Gasteiger partial charge in [-0.2, -0.15) is 0 Å². The molecule has 1 unspecified atom stereocenters. The van der Waals surface area contributed by atoms with Gasteiger partial charge < -0.3 is 15.2 Å². The molecule has 0 aromatic heterocycles. The number of aliphatic carboxylic acids is 1. The minimum absolute atomic E-state index is 0.0230. The van der Waals surface area contributed by atoms with E-state index < -0.39 is 11.9 Å². The molecule has 0 bridgehead atoms. The van der Waals surface area contributed by atoms with Crippen LogP contribution >= 0.6 is 0 Å². The SMILES string of the molecule is CC(C)C(C(=O)Nc1cccc(/C=C/C(=O)O)c1)c1ccc(CN2N=C(c3ccccc3)OCC2=O)cc1. The van der Waals surface area contributed by atoms with E-state index in [0.29, 0.717) is 17.1 Å². The molecule has 0 spiro atoms. The maximum Gasteiger partial charge on any atom is 0.328 e. The zero-order valence-electron chi connectivity index (χ0n) is 21.2. The van der Waals surface area contributed by atoms with Crippen LogP contribution in [0.5, 0.6) is 0 Å². The van der Waals surface area contributed by atoms with Crippen molar-refractivity contribution in [3.05, 3.63) is 107 Å². The van der Waals surface area contributed by atoms with Crippen LogP contribution < -0.4 is 5.32 Å². The molecule has 1 heterocycles. The molecule has 1 atom stereocenters. The number of carbonyl (C=O) groups is 3. The summed E-state index contributed by atoms with van der Waals surface area (Å²) in [6.07, 6.45) is 2.53. The van der Waals surface area contributed by atoms with Gasteiger partial charge in [0.25, 0.3) is 5.91 Å². The lowest BCUT2D eigenvalue weighted by Gasteiger charge is -2.24. The highest BCUT2D eigenvalue weighted by Gasteiger charge is 2.26. The Morgan fingerprint density at radius 3 is 2.47 bits per heavy atom. The number of ether oxygens (including phenoxy) is 1. The highest BCUT2D eigenvalue weighted by molar-refractivity contribution is 5.98. The molecule has 0 saturated carbocycles. The topological polar surface area (TPSA) is 108 Å². The van der Waals surface area contributed by atoms with Gasteiger partial charge in [-0.25, -0.2) is 9.80 Å². The monoisotopic (exact) mass is 511 g/mol. The lowest BCUT2D eigenvalue weighted by Crippen LogP contribution is -2.36. The fourth-order valence-corrected chi connectivity index (χ4v) is 4.19. The molecule has 0 saturated heterocycles. The van der Waals surface area contributed by atoms with Crippen LogP contribution in [0.2, 0.25) is 0 Å². The average Bonchev–Trinajstić information content (AvgIpc) is 2.90. The van der Waals surface area contributed by atoms with Gasteiger partial charge >= 0.3 is 5.97 Å². The Morgan fingerprint density at radius 1 is 1.05 bits per heavy atom. The van der Waals surface area contributed by atoms with E-state index in [0.717, 1.165) is 22.8 Å². The number of hydrogen-bond acceptors (Lipinski definition) is 5. The van der Waals surface area contributed by atoms with Crippen molar-refractivity contribution >= 4 is 35.4 Å². The fraction of sp³-hybridized carbons (Fsp3) is 0.200. The summed E-state index contributed by atoms with van der Waals surface area (Å²) in [5.74, 6) is -1.41. The van der Waals surface area contributed by atoms with Gasteiger partial charge in [0, 0.05) is 17.3 Å². The molecule has 38 heavy (non-hydrogen) atoms. The minimum Gasteiger partial charge on any atom is -0.478 e. The third-order valence-corrected chi connectivity index (χ3v) is 6.05. The molecule has 8 heteroatoms. The van der Waals surface area contributed by atoms with Gasteiger partial charge in [-0.15, -0.1) is 5.10 Å². The molecule has 1 aliphatic rings. The largest absolute Gasteiger partial charge is 0.478 e. The van der Waals surface area contributed by atoms with E-state index in [2.05, 4.69) is 10.4 Å². The number of carboxylic acid groups (broad SMARTS) is 1. The number of nitrogens with one attached hydrogen (secondary N) is 1. The predicted octanol–water partition coefficient (Wildman–Crippen LogP) is 4.88. The molecule has 0 aliphatic carbocycles. The number of anilines is 1. The van der Waals surface area contributed by atoms with Gasteiger partial charge in [0.05, 0.1) is 12.5 Å². The Kier molecular flexibility index (Phi) is 8.33. The van der Waals surface area contributed by atoms with Crippen molar-refractivity contribution in [2.75, 3.05) is 11.9 Å². The zero-order chi connectivity index (χ0) is 27.1. The van der Waals surface area contributed by atoms with Crippen molar-refractivity contribution < 1.29 is 24.2 Å². The Hall–Kier alpha value is -4.72. The number of hydrogen-bond donors (Lipinski definition) is 2. The van der Waals surface area contributed by atoms with Crippen LogP contribution in [0.3, 0.4) is 0 Å². The number of carbonyl (C=O) groups excluding carboxylic acids is 2. The Labute approximate surface area is 221 Å². The molecule has 4 rings (SSSR count).